The number of nitrogens with zero attached hydrogens (tertiary/aromatic N) is 1. The van der Waals surface area contributed by atoms with Crippen molar-refractivity contribution >= 4 is 23.5 Å². The van der Waals surface area contributed by atoms with Crippen LogP contribution >= 0.6 is 11.6 Å². The molecule has 106 valence electrons. The Balaban J connectivity index is 1.84. The van der Waals surface area contributed by atoms with Gasteiger partial charge in [0.05, 0.1) is 6.54 Å². The highest BCUT2D eigenvalue weighted by Crippen LogP contribution is 2.27. The van der Waals surface area contributed by atoms with E-state index in [4.69, 9.17) is 11.6 Å². The fraction of sp³-hybridized carbons (Fsp3) is 0.385. The van der Waals surface area contributed by atoms with Crippen LogP contribution in [-0.2, 0) is 11.3 Å². The van der Waals surface area contributed by atoms with E-state index in [0.717, 1.165) is 4.90 Å². The van der Waals surface area contributed by atoms with Gasteiger partial charge in [0, 0.05) is 11.6 Å². The second-order valence-electron chi connectivity index (χ2n) is 5.07. The van der Waals surface area contributed by atoms with Crippen molar-refractivity contribution in [3.05, 3.63) is 34.6 Å². The van der Waals surface area contributed by atoms with E-state index in [0.29, 0.717) is 25.1 Å². The molecule has 2 N–H and O–H groups in total. The molecule has 0 aromatic heterocycles. The summed E-state index contributed by atoms with van der Waals surface area (Å²) in [7, 11) is 0. The van der Waals surface area contributed by atoms with Crippen LogP contribution in [0.5, 0.6) is 0 Å². The quantitative estimate of drug-likeness (QED) is 0.808. The standard InChI is InChI=1S/C13H13ClFN3O2/c14-10-5-9(15)2-1-8(10)6-18-11(19)13(17-12(18)20)3-4-16-7-13/h1-2,5,16H,3-4,6-7H2,(H,17,20). The predicted octanol–water partition coefficient (Wildman–Crippen LogP) is 1.26. The van der Waals surface area contributed by atoms with Gasteiger partial charge < -0.3 is 10.6 Å². The van der Waals surface area contributed by atoms with Crippen molar-refractivity contribution < 1.29 is 14.0 Å². The van der Waals surface area contributed by atoms with Crippen LogP contribution in [0.25, 0.3) is 0 Å². The molecule has 7 heteroatoms. The van der Waals surface area contributed by atoms with Gasteiger partial charge in [-0.3, -0.25) is 9.69 Å². The number of hydrogen-bond acceptors (Lipinski definition) is 3. The Morgan fingerprint density at radius 1 is 1.40 bits per heavy atom. The van der Waals surface area contributed by atoms with Crippen molar-refractivity contribution in [2.45, 2.75) is 18.5 Å². The number of carbonyl (C=O) groups excluding carboxylic acids is 2. The Morgan fingerprint density at radius 2 is 2.20 bits per heavy atom. The average molecular weight is 298 g/mol. The molecule has 0 aliphatic carbocycles. The van der Waals surface area contributed by atoms with Crippen LogP contribution < -0.4 is 10.6 Å². The van der Waals surface area contributed by atoms with Gasteiger partial charge in [-0.2, -0.15) is 0 Å². The third-order valence-electron chi connectivity index (χ3n) is 3.74. The molecule has 0 radical (unpaired) electrons. The van der Waals surface area contributed by atoms with Crippen molar-refractivity contribution in [2.24, 2.45) is 0 Å². The number of halogens is 2. The van der Waals surface area contributed by atoms with Crippen LogP contribution in [0.2, 0.25) is 5.02 Å². The summed E-state index contributed by atoms with van der Waals surface area (Å²) in [5.41, 5.74) is -0.289. The van der Waals surface area contributed by atoms with E-state index in [-0.39, 0.29) is 17.5 Å². The fourth-order valence-electron chi connectivity index (χ4n) is 2.62. The zero-order valence-electron chi connectivity index (χ0n) is 10.6. The van der Waals surface area contributed by atoms with E-state index in [2.05, 4.69) is 10.6 Å². The van der Waals surface area contributed by atoms with E-state index < -0.39 is 17.4 Å². The molecule has 3 rings (SSSR count). The summed E-state index contributed by atoms with van der Waals surface area (Å²) in [6.45, 7) is 1.17. The number of benzene rings is 1. The molecule has 0 bridgehead atoms. The number of imide groups is 1. The summed E-state index contributed by atoms with van der Waals surface area (Å²) < 4.78 is 13.0. The van der Waals surface area contributed by atoms with Gasteiger partial charge in [-0.15, -0.1) is 0 Å². The minimum atomic E-state index is -0.830. The molecule has 2 aliphatic heterocycles. The largest absolute Gasteiger partial charge is 0.325 e. The first-order valence-electron chi connectivity index (χ1n) is 6.31. The van der Waals surface area contributed by atoms with Crippen LogP contribution in [0.1, 0.15) is 12.0 Å². The monoisotopic (exact) mass is 297 g/mol. The highest BCUT2D eigenvalue weighted by Gasteiger charge is 2.52. The summed E-state index contributed by atoms with van der Waals surface area (Å²) >= 11 is 5.93. The minimum absolute atomic E-state index is 0.0472. The topological polar surface area (TPSA) is 61.4 Å². The lowest BCUT2D eigenvalue weighted by atomic mass is 9.99. The molecule has 1 aromatic carbocycles. The third-order valence-corrected chi connectivity index (χ3v) is 4.10. The first kappa shape index (κ1) is 13.3. The van der Waals surface area contributed by atoms with Crippen molar-refractivity contribution in [3.63, 3.8) is 0 Å². The van der Waals surface area contributed by atoms with Gasteiger partial charge in [-0.25, -0.2) is 9.18 Å². The second-order valence-corrected chi connectivity index (χ2v) is 5.47. The van der Waals surface area contributed by atoms with Crippen LogP contribution in [0.3, 0.4) is 0 Å². The molecule has 1 atom stereocenters. The molecule has 2 fully saturated rings. The highest BCUT2D eigenvalue weighted by atomic mass is 35.5. The Labute approximate surface area is 120 Å². The normalized spacial score (nSPS) is 25.6. The van der Waals surface area contributed by atoms with Crippen LogP contribution in [-0.4, -0.2) is 35.5 Å². The summed E-state index contributed by atoms with van der Waals surface area (Å²) in [5, 5.41) is 6.01. The molecule has 20 heavy (non-hydrogen) atoms. The fourth-order valence-corrected chi connectivity index (χ4v) is 2.85. The highest BCUT2D eigenvalue weighted by molar-refractivity contribution is 6.31. The van der Waals surface area contributed by atoms with Gasteiger partial charge in [0.1, 0.15) is 11.4 Å². The Morgan fingerprint density at radius 3 is 2.85 bits per heavy atom. The SMILES string of the molecule is O=C1NC2(CCNC2)C(=O)N1Cc1ccc(F)cc1Cl. The van der Waals surface area contributed by atoms with Crippen LogP contribution in [0.15, 0.2) is 18.2 Å². The number of urea groups is 1. The van der Waals surface area contributed by atoms with E-state index >= 15 is 0 Å². The summed E-state index contributed by atoms with van der Waals surface area (Å²) in [4.78, 5) is 25.5. The molecule has 1 unspecified atom stereocenters. The summed E-state index contributed by atoms with van der Waals surface area (Å²) in [6, 6.07) is 3.48. The molecule has 1 spiro atoms. The maximum absolute atomic E-state index is 13.0. The second kappa shape index (κ2) is 4.71. The number of carbonyl (C=O) groups is 2. The third kappa shape index (κ3) is 2.05. The maximum Gasteiger partial charge on any atom is 0.325 e. The average Bonchev–Trinajstić information content (AvgIpc) is 2.94. The van der Waals surface area contributed by atoms with Crippen molar-refractivity contribution in [1.29, 1.82) is 0 Å². The lowest BCUT2D eigenvalue weighted by Gasteiger charge is -2.19. The summed E-state index contributed by atoms with van der Waals surface area (Å²) in [6.07, 6.45) is 0.575. The van der Waals surface area contributed by atoms with Crippen LogP contribution in [0, 0.1) is 5.82 Å². The van der Waals surface area contributed by atoms with Crippen molar-refractivity contribution in [3.8, 4) is 0 Å². The van der Waals surface area contributed by atoms with E-state index in [9.17, 15) is 14.0 Å². The molecule has 3 amide bonds. The molecule has 2 heterocycles. The molecule has 0 saturated carbocycles. The van der Waals surface area contributed by atoms with Crippen molar-refractivity contribution in [1.82, 2.24) is 15.5 Å². The zero-order chi connectivity index (χ0) is 14.3. The van der Waals surface area contributed by atoms with Gasteiger partial charge in [0.2, 0.25) is 0 Å². The molecular weight excluding hydrogens is 285 g/mol. The zero-order valence-corrected chi connectivity index (χ0v) is 11.3. The van der Waals surface area contributed by atoms with Crippen LogP contribution in [0.4, 0.5) is 9.18 Å². The van der Waals surface area contributed by atoms with E-state index in [1.54, 1.807) is 0 Å². The number of amides is 3. The lowest BCUT2D eigenvalue weighted by Crippen LogP contribution is -2.48. The Kier molecular flexibility index (Phi) is 3.14. The molecule has 2 aliphatic rings. The van der Waals surface area contributed by atoms with Gasteiger partial charge >= 0.3 is 6.03 Å². The number of rotatable bonds is 2. The van der Waals surface area contributed by atoms with Gasteiger partial charge in [0.25, 0.3) is 5.91 Å². The number of nitrogens with one attached hydrogen (secondary N) is 2. The molecular formula is C13H13ClFN3O2. The molecule has 2 saturated heterocycles. The molecule has 1 aromatic rings. The number of hydrogen-bond donors (Lipinski definition) is 2. The van der Waals surface area contributed by atoms with Crippen molar-refractivity contribution in [2.75, 3.05) is 13.1 Å². The van der Waals surface area contributed by atoms with Gasteiger partial charge in [0.15, 0.2) is 0 Å². The smallest absolute Gasteiger partial charge is 0.322 e. The van der Waals surface area contributed by atoms with Gasteiger partial charge in [-0.05, 0) is 30.7 Å². The van der Waals surface area contributed by atoms with E-state index in [1.165, 1.54) is 18.2 Å². The first-order valence-corrected chi connectivity index (χ1v) is 6.68. The Bertz CT molecular complexity index is 587. The lowest BCUT2D eigenvalue weighted by molar-refractivity contribution is -0.131. The minimum Gasteiger partial charge on any atom is -0.322 e. The summed E-state index contributed by atoms with van der Waals surface area (Å²) in [5.74, 6) is -0.708. The Hall–Kier alpha value is -1.66. The maximum atomic E-state index is 13.0. The molecule has 5 nitrogen and oxygen atoms in total. The first-order chi connectivity index (χ1) is 9.52. The van der Waals surface area contributed by atoms with Gasteiger partial charge in [-0.1, -0.05) is 17.7 Å². The van der Waals surface area contributed by atoms with E-state index in [1.807, 2.05) is 0 Å². The predicted molar refractivity (Wildman–Crippen MR) is 70.7 cm³/mol.